The molecule has 1 nitrogen and oxygen atoms in total. The molecule has 1 N–H and O–H groups in total. The first-order chi connectivity index (χ1) is 7.44. The van der Waals surface area contributed by atoms with E-state index < -0.39 is 0 Å². The van der Waals surface area contributed by atoms with E-state index in [0.29, 0.717) is 11.3 Å². The maximum absolute atomic E-state index is 3.26. The Morgan fingerprint density at radius 3 is 2.12 bits per heavy atom. The number of nitrogens with one attached hydrogen (secondary N) is 1. The fraction of sp³-hybridized carbons (Fsp3) is 0.600. The summed E-state index contributed by atoms with van der Waals surface area (Å²) in [7, 11) is 2.02. The fourth-order valence-electron chi connectivity index (χ4n) is 2.11. The Labute approximate surface area is 100 Å². The molecule has 0 saturated carbocycles. The topological polar surface area (TPSA) is 12.0 Å². The molecule has 0 radical (unpaired) electrons. The first-order valence-electron chi connectivity index (χ1n) is 6.18. The van der Waals surface area contributed by atoms with E-state index in [1.54, 1.807) is 0 Å². The summed E-state index contributed by atoms with van der Waals surface area (Å²) in [5.41, 5.74) is 3.19. The average Bonchev–Trinajstić information content (AvgIpc) is 2.17. The molecule has 90 valence electrons. The van der Waals surface area contributed by atoms with Gasteiger partial charge in [-0.3, -0.25) is 0 Å². The molecular formula is C15H25N. The minimum Gasteiger partial charge on any atom is -0.319 e. The van der Waals surface area contributed by atoms with Crippen molar-refractivity contribution < 1.29 is 0 Å². The molecule has 0 saturated heterocycles. The molecule has 0 fully saturated rings. The van der Waals surface area contributed by atoms with Gasteiger partial charge in [-0.25, -0.2) is 0 Å². The van der Waals surface area contributed by atoms with Crippen LogP contribution in [0.5, 0.6) is 0 Å². The highest BCUT2D eigenvalue weighted by molar-refractivity contribution is 5.25. The summed E-state index contributed by atoms with van der Waals surface area (Å²) in [5.74, 6) is 0.624. The average molecular weight is 219 g/mol. The molecule has 0 unspecified atom stereocenters. The van der Waals surface area contributed by atoms with Gasteiger partial charge in [-0.2, -0.15) is 0 Å². The zero-order chi connectivity index (χ0) is 12.2. The third kappa shape index (κ3) is 3.97. The molecule has 0 spiro atoms. The summed E-state index contributed by atoms with van der Waals surface area (Å²) in [4.78, 5) is 0. The van der Waals surface area contributed by atoms with E-state index in [0.717, 1.165) is 13.0 Å². The van der Waals surface area contributed by atoms with Crippen LogP contribution in [0, 0.1) is 5.41 Å². The van der Waals surface area contributed by atoms with Crippen molar-refractivity contribution in [2.24, 2.45) is 5.41 Å². The Morgan fingerprint density at radius 2 is 1.69 bits per heavy atom. The highest BCUT2D eigenvalue weighted by atomic mass is 14.8. The van der Waals surface area contributed by atoms with Crippen molar-refractivity contribution in [3.05, 3.63) is 35.4 Å². The molecule has 0 aliphatic rings. The van der Waals surface area contributed by atoms with E-state index in [1.807, 2.05) is 7.05 Å². The Bertz CT molecular complexity index is 309. The van der Waals surface area contributed by atoms with Crippen LogP contribution in [-0.4, -0.2) is 13.6 Å². The second-order valence-corrected chi connectivity index (χ2v) is 5.77. The smallest absolute Gasteiger partial charge is 0.000270 e. The maximum atomic E-state index is 3.26. The standard InChI is InChI=1S/C15H25N/c1-12(2)14-8-6-13(7-9-14)10-15(3,4)11-16-5/h6-9,12,16H,10-11H2,1-5H3. The lowest BCUT2D eigenvalue weighted by atomic mass is 9.85. The van der Waals surface area contributed by atoms with Gasteiger partial charge in [-0.15, -0.1) is 0 Å². The SMILES string of the molecule is CNCC(C)(C)Cc1ccc(C(C)C)cc1. The van der Waals surface area contributed by atoms with Crippen LogP contribution >= 0.6 is 0 Å². The first-order valence-corrected chi connectivity index (χ1v) is 6.18. The van der Waals surface area contributed by atoms with Gasteiger partial charge in [-0.1, -0.05) is 52.0 Å². The molecule has 1 heteroatoms. The molecule has 0 aliphatic heterocycles. The zero-order valence-corrected chi connectivity index (χ0v) is 11.3. The van der Waals surface area contributed by atoms with Gasteiger partial charge in [0.1, 0.15) is 0 Å². The van der Waals surface area contributed by atoms with Crippen molar-refractivity contribution in [1.82, 2.24) is 5.32 Å². The van der Waals surface area contributed by atoms with Crippen molar-refractivity contribution in [3.8, 4) is 0 Å². The molecule has 0 amide bonds. The van der Waals surface area contributed by atoms with Gasteiger partial charge in [-0.05, 0) is 35.9 Å². The normalized spacial score (nSPS) is 12.1. The molecule has 1 rings (SSSR count). The minimum atomic E-state index is 0.327. The van der Waals surface area contributed by atoms with Crippen LogP contribution in [0.15, 0.2) is 24.3 Å². The van der Waals surface area contributed by atoms with Gasteiger partial charge in [0, 0.05) is 6.54 Å². The van der Waals surface area contributed by atoms with E-state index in [1.165, 1.54) is 11.1 Å². The van der Waals surface area contributed by atoms with Crippen molar-refractivity contribution in [2.75, 3.05) is 13.6 Å². The molecule has 1 aromatic rings. The maximum Gasteiger partial charge on any atom is 0.000270 e. The van der Waals surface area contributed by atoms with Crippen molar-refractivity contribution in [2.45, 2.75) is 40.0 Å². The second kappa shape index (κ2) is 5.49. The van der Waals surface area contributed by atoms with Gasteiger partial charge in [0.15, 0.2) is 0 Å². The molecule has 1 aromatic carbocycles. The number of benzene rings is 1. The molecule has 0 aliphatic carbocycles. The van der Waals surface area contributed by atoms with Crippen LogP contribution < -0.4 is 5.32 Å². The van der Waals surface area contributed by atoms with Crippen LogP contribution in [-0.2, 0) is 6.42 Å². The summed E-state index contributed by atoms with van der Waals surface area (Å²) in [6.07, 6.45) is 1.13. The number of rotatable bonds is 5. The molecule has 16 heavy (non-hydrogen) atoms. The van der Waals surface area contributed by atoms with Gasteiger partial charge < -0.3 is 5.32 Å². The highest BCUT2D eigenvalue weighted by Gasteiger charge is 2.17. The largest absolute Gasteiger partial charge is 0.319 e. The monoisotopic (exact) mass is 219 g/mol. The Hall–Kier alpha value is -0.820. The summed E-state index contributed by atoms with van der Waals surface area (Å²) >= 11 is 0. The summed E-state index contributed by atoms with van der Waals surface area (Å²) in [6.45, 7) is 10.1. The highest BCUT2D eigenvalue weighted by Crippen LogP contribution is 2.22. The lowest BCUT2D eigenvalue weighted by molar-refractivity contribution is 0.350. The quantitative estimate of drug-likeness (QED) is 0.798. The Morgan fingerprint density at radius 1 is 1.12 bits per heavy atom. The van der Waals surface area contributed by atoms with Crippen molar-refractivity contribution >= 4 is 0 Å². The van der Waals surface area contributed by atoms with Gasteiger partial charge in [0.2, 0.25) is 0 Å². The Balaban J connectivity index is 2.68. The van der Waals surface area contributed by atoms with Crippen LogP contribution in [0.1, 0.15) is 44.7 Å². The van der Waals surface area contributed by atoms with Gasteiger partial charge in [0.25, 0.3) is 0 Å². The van der Waals surface area contributed by atoms with Crippen LogP contribution in [0.4, 0.5) is 0 Å². The van der Waals surface area contributed by atoms with E-state index in [2.05, 4.69) is 57.3 Å². The van der Waals surface area contributed by atoms with Gasteiger partial charge in [0.05, 0.1) is 0 Å². The summed E-state index contributed by atoms with van der Waals surface area (Å²) < 4.78 is 0. The van der Waals surface area contributed by atoms with E-state index in [4.69, 9.17) is 0 Å². The minimum absolute atomic E-state index is 0.327. The van der Waals surface area contributed by atoms with Crippen molar-refractivity contribution in [3.63, 3.8) is 0 Å². The third-order valence-corrected chi connectivity index (χ3v) is 2.98. The van der Waals surface area contributed by atoms with E-state index in [-0.39, 0.29) is 0 Å². The fourth-order valence-corrected chi connectivity index (χ4v) is 2.11. The summed E-state index contributed by atoms with van der Waals surface area (Å²) in [5, 5.41) is 3.26. The zero-order valence-electron chi connectivity index (χ0n) is 11.3. The van der Waals surface area contributed by atoms with Crippen LogP contribution in [0.25, 0.3) is 0 Å². The predicted molar refractivity (Wildman–Crippen MR) is 71.9 cm³/mol. The Kier molecular flexibility index (Phi) is 4.55. The van der Waals surface area contributed by atoms with Crippen LogP contribution in [0.2, 0.25) is 0 Å². The predicted octanol–water partition coefficient (Wildman–Crippen LogP) is 3.60. The summed E-state index contributed by atoms with van der Waals surface area (Å²) in [6, 6.07) is 9.06. The molecule has 0 heterocycles. The van der Waals surface area contributed by atoms with Crippen molar-refractivity contribution in [1.29, 1.82) is 0 Å². The van der Waals surface area contributed by atoms with Gasteiger partial charge >= 0.3 is 0 Å². The molecule has 0 atom stereocenters. The van der Waals surface area contributed by atoms with E-state index >= 15 is 0 Å². The first kappa shape index (κ1) is 13.2. The van der Waals surface area contributed by atoms with E-state index in [9.17, 15) is 0 Å². The third-order valence-electron chi connectivity index (χ3n) is 2.98. The second-order valence-electron chi connectivity index (χ2n) is 5.77. The van der Waals surface area contributed by atoms with Crippen LogP contribution in [0.3, 0.4) is 0 Å². The molecule has 0 bridgehead atoms. The molecular weight excluding hydrogens is 194 g/mol. The molecule has 0 aromatic heterocycles. The number of hydrogen-bond donors (Lipinski definition) is 1. The lowest BCUT2D eigenvalue weighted by Crippen LogP contribution is -2.28. The number of hydrogen-bond acceptors (Lipinski definition) is 1. The lowest BCUT2D eigenvalue weighted by Gasteiger charge is -2.24.